The number of aryl methyl sites for hydroxylation is 2. The molecule has 0 fully saturated rings. The largest absolute Gasteiger partial charge is 0.394 e. The van der Waals surface area contributed by atoms with Crippen molar-refractivity contribution in [3.8, 4) is 0 Å². The van der Waals surface area contributed by atoms with Gasteiger partial charge in [0.2, 0.25) is 0 Å². The summed E-state index contributed by atoms with van der Waals surface area (Å²) in [6, 6.07) is 2.22. The van der Waals surface area contributed by atoms with E-state index in [-0.39, 0.29) is 0 Å². The number of hydrogen-bond donors (Lipinski definition) is 1. The molecule has 0 spiro atoms. The lowest BCUT2D eigenvalue weighted by molar-refractivity contribution is 0.672. The van der Waals surface area contributed by atoms with Gasteiger partial charge in [0.25, 0.3) is 0 Å². The first kappa shape index (κ1) is 11.6. The molecule has 0 aromatic carbocycles. The molecule has 0 bridgehead atoms. The molecular formula is C13H18N4S. The Labute approximate surface area is 111 Å². The van der Waals surface area contributed by atoms with E-state index in [2.05, 4.69) is 28.4 Å². The van der Waals surface area contributed by atoms with Gasteiger partial charge < -0.3 is 10.6 Å². The van der Waals surface area contributed by atoms with E-state index in [1.54, 1.807) is 0 Å². The average Bonchev–Trinajstić information content (AvgIpc) is 2.93. The molecule has 0 radical (unpaired) electrons. The van der Waals surface area contributed by atoms with E-state index < -0.39 is 0 Å². The lowest BCUT2D eigenvalue weighted by Crippen LogP contribution is -2.31. The van der Waals surface area contributed by atoms with Crippen molar-refractivity contribution in [2.24, 2.45) is 7.05 Å². The number of anilines is 2. The normalized spacial score (nSPS) is 14.9. The number of rotatable bonds is 2. The maximum absolute atomic E-state index is 6.22. The molecule has 0 atom stereocenters. The topological polar surface area (TPSA) is 47.1 Å². The smallest absolute Gasteiger partial charge is 0.150 e. The minimum Gasteiger partial charge on any atom is -0.394 e. The molecule has 5 heteroatoms. The van der Waals surface area contributed by atoms with Gasteiger partial charge in [-0.25, -0.2) is 0 Å². The summed E-state index contributed by atoms with van der Waals surface area (Å²) in [6.07, 6.45) is 2.00. The Morgan fingerprint density at radius 1 is 1.50 bits per heavy atom. The van der Waals surface area contributed by atoms with Crippen molar-refractivity contribution in [1.29, 1.82) is 0 Å². The van der Waals surface area contributed by atoms with Crippen LogP contribution < -0.4 is 10.6 Å². The summed E-state index contributed by atoms with van der Waals surface area (Å²) in [5, 5.41) is 6.68. The summed E-state index contributed by atoms with van der Waals surface area (Å²) >= 11 is 1.86. The summed E-state index contributed by atoms with van der Waals surface area (Å²) in [5.74, 6) is 1.07. The third-order valence-corrected chi connectivity index (χ3v) is 4.59. The van der Waals surface area contributed by atoms with E-state index in [0.29, 0.717) is 0 Å². The maximum atomic E-state index is 6.22. The Balaban J connectivity index is 1.95. The highest BCUT2D eigenvalue weighted by molar-refractivity contribution is 7.10. The fourth-order valence-electron chi connectivity index (χ4n) is 2.65. The second-order valence-corrected chi connectivity index (χ2v) is 5.70. The van der Waals surface area contributed by atoms with Crippen LogP contribution in [0.2, 0.25) is 0 Å². The Morgan fingerprint density at radius 2 is 2.33 bits per heavy atom. The first-order valence-electron chi connectivity index (χ1n) is 6.32. The van der Waals surface area contributed by atoms with Crippen molar-refractivity contribution >= 4 is 22.8 Å². The fraction of sp³-hybridized carbons (Fsp3) is 0.462. The molecule has 3 rings (SSSR count). The first-order chi connectivity index (χ1) is 8.70. The predicted molar refractivity (Wildman–Crippen MR) is 76.1 cm³/mol. The number of thiophene rings is 1. The summed E-state index contributed by atoms with van der Waals surface area (Å²) in [6.45, 7) is 4.07. The van der Waals surface area contributed by atoms with Crippen LogP contribution >= 0.6 is 11.3 Å². The van der Waals surface area contributed by atoms with Gasteiger partial charge >= 0.3 is 0 Å². The molecule has 0 aliphatic carbocycles. The van der Waals surface area contributed by atoms with Gasteiger partial charge in [-0.15, -0.1) is 11.3 Å². The van der Waals surface area contributed by atoms with E-state index in [9.17, 15) is 0 Å². The fourth-order valence-corrected chi connectivity index (χ4v) is 3.54. The summed E-state index contributed by atoms with van der Waals surface area (Å²) in [4.78, 5) is 3.86. The van der Waals surface area contributed by atoms with Crippen LogP contribution in [0.3, 0.4) is 0 Å². The summed E-state index contributed by atoms with van der Waals surface area (Å²) in [5.41, 5.74) is 9.50. The van der Waals surface area contributed by atoms with Crippen LogP contribution in [-0.4, -0.2) is 16.3 Å². The van der Waals surface area contributed by atoms with Crippen LogP contribution in [0.25, 0.3) is 0 Å². The van der Waals surface area contributed by atoms with Gasteiger partial charge in [0.05, 0.1) is 11.4 Å². The predicted octanol–water partition coefficient (Wildman–Crippen LogP) is 2.19. The summed E-state index contributed by atoms with van der Waals surface area (Å²) in [7, 11) is 1.98. The number of nitrogens with two attached hydrogens (primary N) is 1. The zero-order valence-corrected chi connectivity index (χ0v) is 11.6. The Morgan fingerprint density at radius 3 is 3.06 bits per heavy atom. The number of fused-ring (bicyclic) bond motifs is 1. The quantitative estimate of drug-likeness (QED) is 0.902. The highest BCUT2D eigenvalue weighted by Crippen LogP contribution is 2.32. The third-order valence-electron chi connectivity index (χ3n) is 3.57. The van der Waals surface area contributed by atoms with E-state index in [1.807, 2.05) is 23.1 Å². The van der Waals surface area contributed by atoms with Crippen molar-refractivity contribution in [3.05, 3.63) is 27.6 Å². The molecule has 0 unspecified atom stereocenters. The van der Waals surface area contributed by atoms with Crippen molar-refractivity contribution in [1.82, 2.24) is 9.78 Å². The Bertz CT molecular complexity index is 570. The monoisotopic (exact) mass is 262 g/mol. The van der Waals surface area contributed by atoms with E-state index in [4.69, 9.17) is 5.73 Å². The van der Waals surface area contributed by atoms with Crippen molar-refractivity contribution < 1.29 is 0 Å². The Kier molecular flexibility index (Phi) is 2.78. The highest BCUT2D eigenvalue weighted by atomic mass is 32.1. The van der Waals surface area contributed by atoms with Crippen LogP contribution in [-0.2, 0) is 26.4 Å². The average molecular weight is 262 g/mol. The summed E-state index contributed by atoms with van der Waals surface area (Å²) < 4.78 is 1.92. The van der Waals surface area contributed by atoms with Crippen molar-refractivity contribution in [3.63, 3.8) is 0 Å². The Hall–Kier alpha value is -1.49. The zero-order chi connectivity index (χ0) is 12.7. The first-order valence-corrected chi connectivity index (χ1v) is 7.20. The highest BCUT2D eigenvalue weighted by Gasteiger charge is 2.23. The molecule has 18 heavy (non-hydrogen) atoms. The SMILES string of the molecule is CCc1nn(C)c(N2CCc3sccc3C2)c1N. The molecule has 3 heterocycles. The molecule has 0 amide bonds. The molecule has 1 aliphatic heterocycles. The van der Waals surface area contributed by atoms with Crippen LogP contribution in [0, 0.1) is 0 Å². The van der Waals surface area contributed by atoms with Crippen LogP contribution in [0.15, 0.2) is 11.4 Å². The third kappa shape index (κ3) is 1.70. The molecule has 0 saturated heterocycles. The van der Waals surface area contributed by atoms with Crippen molar-refractivity contribution in [2.75, 3.05) is 17.2 Å². The van der Waals surface area contributed by atoms with E-state index in [0.717, 1.165) is 43.1 Å². The number of nitrogens with zero attached hydrogens (tertiary/aromatic N) is 3. The van der Waals surface area contributed by atoms with Crippen LogP contribution in [0.4, 0.5) is 11.5 Å². The maximum Gasteiger partial charge on any atom is 0.150 e. The molecule has 4 nitrogen and oxygen atoms in total. The molecule has 2 aromatic heterocycles. The number of aromatic nitrogens is 2. The van der Waals surface area contributed by atoms with Gasteiger partial charge in [0.15, 0.2) is 5.82 Å². The second-order valence-electron chi connectivity index (χ2n) is 4.70. The minimum atomic E-state index is 0.846. The molecule has 96 valence electrons. The van der Waals surface area contributed by atoms with Crippen molar-refractivity contribution in [2.45, 2.75) is 26.3 Å². The van der Waals surface area contributed by atoms with Gasteiger partial charge in [0.1, 0.15) is 0 Å². The van der Waals surface area contributed by atoms with Crippen LogP contribution in [0.5, 0.6) is 0 Å². The van der Waals surface area contributed by atoms with Gasteiger partial charge in [-0.05, 0) is 29.9 Å². The van der Waals surface area contributed by atoms with E-state index >= 15 is 0 Å². The second kappa shape index (κ2) is 4.31. The molecule has 2 N–H and O–H groups in total. The minimum absolute atomic E-state index is 0.846. The molecule has 2 aromatic rings. The molecule has 0 saturated carbocycles. The van der Waals surface area contributed by atoms with Gasteiger partial charge in [-0.3, -0.25) is 4.68 Å². The van der Waals surface area contributed by atoms with Gasteiger partial charge in [-0.1, -0.05) is 6.92 Å². The molecule has 1 aliphatic rings. The zero-order valence-electron chi connectivity index (χ0n) is 10.8. The standard InChI is InChI=1S/C13H18N4S/c1-3-10-12(14)13(16(2)15-10)17-6-4-11-9(8-17)5-7-18-11/h5,7H,3-4,6,8,14H2,1-2H3. The van der Waals surface area contributed by atoms with Gasteiger partial charge in [0, 0.05) is 25.0 Å². The molecular weight excluding hydrogens is 244 g/mol. The van der Waals surface area contributed by atoms with Gasteiger partial charge in [-0.2, -0.15) is 5.10 Å². The van der Waals surface area contributed by atoms with Crippen LogP contribution in [0.1, 0.15) is 23.1 Å². The number of hydrogen-bond acceptors (Lipinski definition) is 4. The number of nitrogen functional groups attached to an aromatic ring is 1. The lowest BCUT2D eigenvalue weighted by atomic mass is 10.1. The van der Waals surface area contributed by atoms with E-state index in [1.165, 1.54) is 10.4 Å². The lowest BCUT2D eigenvalue weighted by Gasteiger charge is -2.29.